The fourth-order valence-electron chi connectivity index (χ4n) is 2.34. The molecule has 0 fully saturated rings. The summed E-state index contributed by atoms with van der Waals surface area (Å²) >= 11 is 0. The number of nitrogens with one attached hydrogen (secondary N) is 1. The molecule has 3 aromatic rings. The first kappa shape index (κ1) is 14.9. The maximum atomic E-state index is 12.7. The van der Waals surface area contributed by atoms with Crippen molar-refractivity contribution in [3.05, 3.63) is 58.0 Å². The minimum absolute atomic E-state index is 0.00504. The van der Waals surface area contributed by atoms with Crippen molar-refractivity contribution in [1.82, 2.24) is 29.5 Å². The fourth-order valence-corrected chi connectivity index (χ4v) is 2.34. The third kappa shape index (κ3) is 2.59. The van der Waals surface area contributed by atoms with Gasteiger partial charge >= 0.3 is 0 Å². The number of hydrogen-bond acceptors (Lipinski definition) is 5. The molecule has 0 bridgehead atoms. The molecule has 23 heavy (non-hydrogen) atoms. The van der Waals surface area contributed by atoms with Crippen molar-refractivity contribution < 1.29 is 4.79 Å². The Hall–Kier alpha value is -3.03. The van der Waals surface area contributed by atoms with E-state index in [4.69, 9.17) is 0 Å². The Morgan fingerprint density at radius 2 is 2.04 bits per heavy atom. The van der Waals surface area contributed by atoms with Gasteiger partial charge in [0.1, 0.15) is 11.4 Å². The number of fused-ring (bicyclic) bond motifs is 1. The lowest BCUT2D eigenvalue weighted by Gasteiger charge is -2.24. The van der Waals surface area contributed by atoms with Crippen LogP contribution in [0.4, 0.5) is 0 Å². The summed E-state index contributed by atoms with van der Waals surface area (Å²) in [5.74, 6) is 0.403. The van der Waals surface area contributed by atoms with Gasteiger partial charge in [-0.1, -0.05) is 0 Å². The molecular formula is C15H16N6O2. The van der Waals surface area contributed by atoms with Crippen LogP contribution in [0.25, 0.3) is 5.78 Å². The zero-order valence-electron chi connectivity index (χ0n) is 13.0. The molecule has 0 saturated heterocycles. The molecule has 1 amide bonds. The van der Waals surface area contributed by atoms with Gasteiger partial charge in [-0.15, -0.1) is 0 Å². The van der Waals surface area contributed by atoms with Crippen molar-refractivity contribution in [3.8, 4) is 0 Å². The molecule has 0 aliphatic carbocycles. The van der Waals surface area contributed by atoms with Gasteiger partial charge in [0.05, 0.1) is 6.04 Å². The van der Waals surface area contributed by atoms with Gasteiger partial charge in [0.15, 0.2) is 0 Å². The average molecular weight is 312 g/mol. The molecular weight excluding hydrogens is 296 g/mol. The van der Waals surface area contributed by atoms with Crippen molar-refractivity contribution in [2.45, 2.75) is 19.9 Å². The first-order valence-corrected chi connectivity index (χ1v) is 7.10. The minimum atomic E-state index is -0.464. The predicted octanol–water partition coefficient (Wildman–Crippen LogP) is 0.954. The second-order valence-corrected chi connectivity index (χ2v) is 5.29. The second-order valence-electron chi connectivity index (χ2n) is 5.29. The van der Waals surface area contributed by atoms with E-state index in [-0.39, 0.29) is 17.4 Å². The van der Waals surface area contributed by atoms with E-state index in [0.29, 0.717) is 5.82 Å². The molecule has 0 aliphatic rings. The first-order chi connectivity index (χ1) is 11.0. The van der Waals surface area contributed by atoms with Crippen molar-refractivity contribution >= 4 is 11.7 Å². The summed E-state index contributed by atoms with van der Waals surface area (Å²) in [6.45, 7) is 3.60. The lowest BCUT2D eigenvalue weighted by molar-refractivity contribution is 0.0740. The number of H-pyrrole nitrogens is 1. The quantitative estimate of drug-likeness (QED) is 0.777. The van der Waals surface area contributed by atoms with Gasteiger partial charge in [0.25, 0.3) is 17.2 Å². The number of hydrogen-bond donors (Lipinski definition) is 1. The number of amides is 1. The number of pyridine rings is 1. The highest BCUT2D eigenvalue weighted by Gasteiger charge is 2.23. The molecule has 0 aliphatic heterocycles. The topological polar surface area (TPSA) is 96.2 Å². The molecule has 8 heteroatoms. The van der Waals surface area contributed by atoms with Crippen LogP contribution < -0.4 is 5.56 Å². The van der Waals surface area contributed by atoms with Gasteiger partial charge < -0.3 is 4.90 Å². The number of aryl methyl sites for hydroxylation is 1. The summed E-state index contributed by atoms with van der Waals surface area (Å²) in [7, 11) is 1.65. The summed E-state index contributed by atoms with van der Waals surface area (Å²) in [6, 6.07) is 3.47. The SMILES string of the molecule is Cc1nc2ncc(C(=O)N(C)[C@H](C)c3ccncc3)c(=O)n2[nH]1. The van der Waals surface area contributed by atoms with Crippen LogP contribution in [0.2, 0.25) is 0 Å². The van der Waals surface area contributed by atoms with Crippen LogP contribution in [0.15, 0.2) is 35.5 Å². The third-order valence-electron chi connectivity index (χ3n) is 3.80. The molecule has 3 rings (SSSR count). The molecule has 0 aromatic carbocycles. The average Bonchev–Trinajstić information content (AvgIpc) is 2.95. The Morgan fingerprint density at radius 3 is 2.74 bits per heavy atom. The Balaban J connectivity index is 1.96. The van der Waals surface area contributed by atoms with E-state index < -0.39 is 11.5 Å². The van der Waals surface area contributed by atoms with Crippen LogP contribution in [-0.4, -0.2) is 42.4 Å². The molecule has 3 aromatic heterocycles. The van der Waals surface area contributed by atoms with Crippen molar-refractivity contribution in [3.63, 3.8) is 0 Å². The van der Waals surface area contributed by atoms with Crippen LogP contribution >= 0.6 is 0 Å². The van der Waals surface area contributed by atoms with Crippen LogP contribution in [0.1, 0.15) is 34.7 Å². The van der Waals surface area contributed by atoms with Gasteiger partial charge in [0, 0.05) is 25.6 Å². The second kappa shape index (κ2) is 5.64. The minimum Gasteiger partial charge on any atom is -0.335 e. The van der Waals surface area contributed by atoms with Crippen LogP contribution in [0.3, 0.4) is 0 Å². The summed E-state index contributed by atoms with van der Waals surface area (Å²) in [5, 5.41) is 2.77. The van der Waals surface area contributed by atoms with Crippen molar-refractivity contribution in [1.29, 1.82) is 0 Å². The van der Waals surface area contributed by atoms with Gasteiger partial charge in [-0.3, -0.25) is 19.7 Å². The summed E-state index contributed by atoms with van der Waals surface area (Å²) in [6.07, 6.45) is 4.61. The van der Waals surface area contributed by atoms with E-state index in [2.05, 4.69) is 20.1 Å². The Morgan fingerprint density at radius 1 is 1.35 bits per heavy atom. The number of carbonyl (C=O) groups is 1. The van der Waals surface area contributed by atoms with Gasteiger partial charge in [-0.2, -0.15) is 9.50 Å². The van der Waals surface area contributed by atoms with E-state index in [0.717, 1.165) is 5.56 Å². The van der Waals surface area contributed by atoms with Crippen molar-refractivity contribution in [2.75, 3.05) is 7.05 Å². The molecule has 8 nitrogen and oxygen atoms in total. The smallest absolute Gasteiger partial charge is 0.286 e. The third-order valence-corrected chi connectivity index (χ3v) is 3.80. The van der Waals surface area contributed by atoms with Crippen LogP contribution in [0, 0.1) is 6.92 Å². The van der Waals surface area contributed by atoms with E-state index >= 15 is 0 Å². The zero-order chi connectivity index (χ0) is 16.6. The summed E-state index contributed by atoms with van der Waals surface area (Å²) in [4.78, 5) is 38.7. The number of aromatic nitrogens is 5. The van der Waals surface area contributed by atoms with Gasteiger partial charge in [0.2, 0.25) is 0 Å². The number of aromatic amines is 1. The van der Waals surface area contributed by atoms with Crippen LogP contribution in [0.5, 0.6) is 0 Å². The lowest BCUT2D eigenvalue weighted by Crippen LogP contribution is -2.35. The number of rotatable bonds is 3. The van der Waals surface area contributed by atoms with Crippen LogP contribution in [-0.2, 0) is 0 Å². The highest BCUT2D eigenvalue weighted by Crippen LogP contribution is 2.18. The highest BCUT2D eigenvalue weighted by molar-refractivity contribution is 5.93. The lowest BCUT2D eigenvalue weighted by atomic mass is 10.1. The molecule has 0 unspecified atom stereocenters. The molecule has 1 N–H and O–H groups in total. The normalized spacial score (nSPS) is 12.3. The standard InChI is InChI=1S/C15H16N6O2/c1-9(11-4-6-16-7-5-11)20(3)13(22)12-8-17-15-18-10(2)19-21(15)14(12)23/h4-9H,1-3H3,(H,17,18,19)/t9-/m1/s1. The summed E-state index contributed by atoms with van der Waals surface area (Å²) < 4.78 is 1.17. The maximum absolute atomic E-state index is 12.7. The zero-order valence-corrected chi connectivity index (χ0v) is 13.0. The van der Waals surface area contributed by atoms with E-state index in [9.17, 15) is 9.59 Å². The predicted molar refractivity (Wildman–Crippen MR) is 83.1 cm³/mol. The number of nitrogens with zero attached hydrogens (tertiary/aromatic N) is 5. The maximum Gasteiger partial charge on any atom is 0.286 e. The molecule has 118 valence electrons. The van der Waals surface area contributed by atoms with Crippen molar-refractivity contribution in [2.24, 2.45) is 0 Å². The Kier molecular flexibility index (Phi) is 3.65. The van der Waals surface area contributed by atoms with E-state index in [1.807, 2.05) is 19.1 Å². The molecule has 3 heterocycles. The monoisotopic (exact) mass is 312 g/mol. The van der Waals surface area contributed by atoms with E-state index in [1.54, 1.807) is 26.4 Å². The number of carbonyl (C=O) groups excluding carboxylic acids is 1. The Bertz CT molecular complexity index is 915. The molecule has 1 atom stereocenters. The fraction of sp³-hybridized carbons (Fsp3) is 0.267. The van der Waals surface area contributed by atoms with E-state index in [1.165, 1.54) is 15.6 Å². The molecule has 0 spiro atoms. The largest absolute Gasteiger partial charge is 0.335 e. The first-order valence-electron chi connectivity index (χ1n) is 7.10. The summed E-state index contributed by atoms with van der Waals surface area (Å²) in [5.41, 5.74) is 0.464. The van der Waals surface area contributed by atoms with Gasteiger partial charge in [-0.05, 0) is 31.5 Å². The molecule has 0 radical (unpaired) electrons. The van der Waals surface area contributed by atoms with Gasteiger partial charge in [-0.25, -0.2) is 4.98 Å². The molecule has 0 saturated carbocycles. The Labute approximate surface area is 131 Å². The highest BCUT2D eigenvalue weighted by atomic mass is 16.2.